The molecule has 0 saturated carbocycles. The van der Waals surface area contributed by atoms with Crippen LogP contribution in [0.1, 0.15) is 31.1 Å². The van der Waals surface area contributed by atoms with Gasteiger partial charge < -0.3 is 22.4 Å². The standard InChI is InChI=1S/C15H16BF3NO4/c1-15(2,3)24-14(22)20-8-11(16(17,18)19)10-7-9(13(21)23-4)5-6-12(10)20/h5-8H,1-4H3/q-1. The van der Waals surface area contributed by atoms with E-state index in [9.17, 15) is 22.5 Å². The van der Waals surface area contributed by atoms with Crippen molar-refractivity contribution in [3.8, 4) is 0 Å². The van der Waals surface area contributed by atoms with Gasteiger partial charge in [-0.2, -0.15) is 0 Å². The number of nitrogens with zero attached hydrogens (tertiary/aromatic N) is 1. The maximum Gasteiger partial charge on any atom is 0.511 e. The molecule has 2 aromatic rings. The zero-order valence-corrected chi connectivity index (χ0v) is 13.6. The maximum absolute atomic E-state index is 13.3. The lowest BCUT2D eigenvalue weighted by molar-refractivity contribution is 0.0543. The SMILES string of the molecule is COC(=O)c1ccc2c(c1)c([B-](F)(F)F)cn2C(=O)OC(C)(C)C. The molecule has 0 spiro atoms. The third-order valence-corrected chi connectivity index (χ3v) is 3.20. The number of ether oxygens (including phenoxy) is 2. The van der Waals surface area contributed by atoms with Crippen LogP contribution in [0.2, 0.25) is 0 Å². The number of methoxy groups -OCH3 is 1. The van der Waals surface area contributed by atoms with Crippen LogP contribution in [0.25, 0.3) is 10.9 Å². The predicted molar refractivity (Wildman–Crippen MR) is 83.6 cm³/mol. The third-order valence-electron chi connectivity index (χ3n) is 3.20. The van der Waals surface area contributed by atoms with Crippen molar-refractivity contribution < 1.29 is 32.0 Å². The van der Waals surface area contributed by atoms with Crippen molar-refractivity contribution in [2.45, 2.75) is 26.4 Å². The zero-order valence-electron chi connectivity index (χ0n) is 13.6. The summed E-state index contributed by atoms with van der Waals surface area (Å²) in [6.07, 6.45) is -0.232. The molecule has 2 rings (SSSR count). The number of halogens is 3. The molecule has 0 aliphatic rings. The van der Waals surface area contributed by atoms with E-state index in [4.69, 9.17) is 4.74 Å². The van der Waals surface area contributed by atoms with Crippen molar-refractivity contribution in [3.05, 3.63) is 30.0 Å². The summed E-state index contributed by atoms with van der Waals surface area (Å²) < 4.78 is 50.4. The van der Waals surface area contributed by atoms with Gasteiger partial charge in [-0.05, 0) is 50.6 Å². The lowest BCUT2D eigenvalue weighted by atomic mass is 9.80. The molecular weight excluding hydrogens is 326 g/mol. The Kier molecular flexibility index (Phi) is 4.39. The van der Waals surface area contributed by atoms with Crippen LogP contribution in [0.3, 0.4) is 0 Å². The molecule has 0 fully saturated rings. The zero-order chi connectivity index (χ0) is 18.3. The highest BCUT2D eigenvalue weighted by Crippen LogP contribution is 2.23. The maximum atomic E-state index is 13.3. The fourth-order valence-corrected chi connectivity index (χ4v) is 2.22. The van der Waals surface area contributed by atoms with E-state index < -0.39 is 30.1 Å². The van der Waals surface area contributed by atoms with Gasteiger partial charge in [0.15, 0.2) is 0 Å². The first-order chi connectivity index (χ1) is 10.9. The number of hydrogen-bond donors (Lipinski definition) is 0. The Balaban J connectivity index is 2.66. The average molecular weight is 342 g/mol. The van der Waals surface area contributed by atoms with Gasteiger partial charge in [0.2, 0.25) is 0 Å². The van der Waals surface area contributed by atoms with E-state index in [0.717, 1.165) is 17.7 Å². The van der Waals surface area contributed by atoms with Crippen molar-refractivity contribution in [2.24, 2.45) is 0 Å². The Morgan fingerprint density at radius 3 is 2.29 bits per heavy atom. The highest BCUT2D eigenvalue weighted by molar-refractivity contribution is 6.76. The monoisotopic (exact) mass is 342 g/mol. The van der Waals surface area contributed by atoms with Crippen LogP contribution in [-0.4, -0.2) is 36.3 Å². The molecule has 0 N–H and O–H groups in total. The largest absolute Gasteiger partial charge is 0.511 e. The van der Waals surface area contributed by atoms with Crippen molar-refractivity contribution in [2.75, 3.05) is 7.11 Å². The molecule has 0 atom stereocenters. The molecule has 130 valence electrons. The van der Waals surface area contributed by atoms with Gasteiger partial charge in [0, 0.05) is 0 Å². The van der Waals surface area contributed by atoms with E-state index in [0.29, 0.717) is 6.20 Å². The van der Waals surface area contributed by atoms with E-state index in [-0.39, 0.29) is 16.5 Å². The number of hydrogen-bond acceptors (Lipinski definition) is 4. The second kappa shape index (κ2) is 5.88. The Hall–Kier alpha value is -2.45. The van der Waals surface area contributed by atoms with Crippen molar-refractivity contribution in [1.29, 1.82) is 0 Å². The predicted octanol–water partition coefficient (Wildman–Crippen LogP) is 3.27. The summed E-state index contributed by atoms with van der Waals surface area (Å²) >= 11 is 0. The number of carbonyl (C=O) groups is 2. The quantitative estimate of drug-likeness (QED) is 0.621. The van der Waals surface area contributed by atoms with E-state index in [2.05, 4.69) is 4.74 Å². The van der Waals surface area contributed by atoms with Gasteiger partial charge >= 0.3 is 19.0 Å². The van der Waals surface area contributed by atoms with E-state index >= 15 is 0 Å². The van der Waals surface area contributed by atoms with Crippen LogP contribution in [0.15, 0.2) is 24.4 Å². The summed E-state index contributed by atoms with van der Waals surface area (Å²) in [6.45, 7) is -0.550. The summed E-state index contributed by atoms with van der Waals surface area (Å²) in [5, 5.41) is -0.253. The third kappa shape index (κ3) is 3.55. The second-order valence-corrected chi connectivity index (χ2v) is 6.23. The highest BCUT2D eigenvalue weighted by atomic mass is 19.4. The molecule has 0 aliphatic carbocycles. The molecule has 0 unspecified atom stereocenters. The fraction of sp³-hybridized carbons (Fsp3) is 0.333. The Morgan fingerprint density at radius 2 is 1.79 bits per heavy atom. The van der Waals surface area contributed by atoms with Crippen molar-refractivity contribution >= 4 is 35.4 Å². The molecule has 1 heterocycles. The molecular formula is C15H16BF3NO4-. The molecule has 5 nitrogen and oxygen atoms in total. The Bertz CT molecular complexity index is 805. The van der Waals surface area contributed by atoms with Crippen LogP contribution >= 0.6 is 0 Å². The number of benzene rings is 1. The minimum absolute atomic E-state index is 0.00565. The number of aromatic nitrogens is 1. The van der Waals surface area contributed by atoms with Gasteiger partial charge in [0.25, 0.3) is 0 Å². The van der Waals surface area contributed by atoms with E-state index in [1.54, 1.807) is 20.8 Å². The van der Waals surface area contributed by atoms with E-state index in [1.165, 1.54) is 12.1 Å². The van der Waals surface area contributed by atoms with Gasteiger partial charge in [0.05, 0.1) is 18.2 Å². The van der Waals surface area contributed by atoms with Crippen LogP contribution in [0.4, 0.5) is 17.7 Å². The van der Waals surface area contributed by atoms with Gasteiger partial charge in [-0.25, -0.2) is 9.59 Å². The summed E-state index contributed by atoms with van der Waals surface area (Å²) in [6, 6.07) is 3.62. The normalized spacial score (nSPS) is 12.3. The second-order valence-electron chi connectivity index (χ2n) is 6.23. The number of fused-ring (bicyclic) bond motifs is 1. The van der Waals surface area contributed by atoms with Crippen LogP contribution in [0, 0.1) is 0 Å². The Labute approximate surface area is 136 Å². The molecule has 1 aromatic carbocycles. The van der Waals surface area contributed by atoms with Crippen LogP contribution in [-0.2, 0) is 9.47 Å². The first-order valence-corrected chi connectivity index (χ1v) is 7.10. The summed E-state index contributed by atoms with van der Waals surface area (Å²) in [5.74, 6) is -0.762. The fourth-order valence-electron chi connectivity index (χ4n) is 2.22. The first kappa shape index (κ1) is 17.9. The molecule has 1 aromatic heterocycles. The van der Waals surface area contributed by atoms with Crippen LogP contribution < -0.4 is 5.46 Å². The molecule has 0 amide bonds. The van der Waals surface area contributed by atoms with Gasteiger partial charge in [-0.3, -0.25) is 4.57 Å². The number of carbonyl (C=O) groups excluding carboxylic acids is 2. The number of esters is 1. The van der Waals surface area contributed by atoms with Gasteiger partial charge in [-0.15, -0.1) is 0 Å². The summed E-state index contributed by atoms with van der Waals surface area (Å²) in [7, 11) is 1.13. The average Bonchev–Trinajstić information content (AvgIpc) is 2.83. The van der Waals surface area contributed by atoms with Gasteiger partial charge in [0.1, 0.15) is 5.60 Å². The smallest absolute Gasteiger partial charge is 0.465 e. The molecule has 24 heavy (non-hydrogen) atoms. The topological polar surface area (TPSA) is 57.5 Å². The number of rotatable bonds is 2. The summed E-state index contributed by atoms with van der Waals surface area (Å²) in [5.41, 5.74) is -1.86. The lowest BCUT2D eigenvalue weighted by Gasteiger charge is -2.20. The van der Waals surface area contributed by atoms with Crippen molar-refractivity contribution in [1.82, 2.24) is 4.57 Å². The minimum atomic E-state index is -5.39. The van der Waals surface area contributed by atoms with Crippen LogP contribution in [0.5, 0.6) is 0 Å². The van der Waals surface area contributed by atoms with E-state index in [1.807, 2.05) is 0 Å². The summed E-state index contributed by atoms with van der Waals surface area (Å²) in [4.78, 5) is 23.7. The van der Waals surface area contributed by atoms with Crippen molar-refractivity contribution in [3.63, 3.8) is 0 Å². The van der Waals surface area contributed by atoms with Gasteiger partial charge in [-0.1, -0.05) is 5.46 Å². The molecule has 0 radical (unpaired) electrons. The Morgan fingerprint density at radius 1 is 1.17 bits per heavy atom. The lowest BCUT2D eigenvalue weighted by Crippen LogP contribution is -2.34. The molecule has 0 saturated heterocycles. The molecule has 0 bridgehead atoms. The highest BCUT2D eigenvalue weighted by Gasteiger charge is 2.32. The first-order valence-electron chi connectivity index (χ1n) is 7.10. The molecule has 9 heteroatoms. The molecule has 0 aliphatic heterocycles. The minimum Gasteiger partial charge on any atom is -0.465 e.